The molecule has 0 aliphatic carbocycles. The molecule has 0 aromatic heterocycles. The van der Waals surface area contributed by atoms with E-state index in [2.05, 4.69) is 17.0 Å². The maximum atomic E-state index is 9.07. The molecule has 17 heavy (non-hydrogen) atoms. The topological polar surface area (TPSA) is 54.1 Å². The van der Waals surface area contributed by atoms with Gasteiger partial charge in [-0.15, -0.1) is 0 Å². The Bertz CT molecular complexity index is 433. The lowest BCUT2D eigenvalue weighted by atomic mass is 10.1. The maximum absolute atomic E-state index is 9.07. The van der Waals surface area contributed by atoms with Crippen molar-refractivity contribution >= 4 is 5.69 Å². The molecule has 0 N–H and O–H groups in total. The number of benzene rings is 1. The molecule has 0 fully saturated rings. The van der Waals surface area contributed by atoms with E-state index < -0.39 is 0 Å². The molecule has 88 valence electrons. The third-order valence-electron chi connectivity index (χ3n) is 2.54. The Kier molecular flexibility index (Phi) is 4.51. The van der Waals surface area contributed by atoms with Gasteiger partial charge in [0, 0.05) is 20.1 Å². The van der Waals surface area contributed by atoms with Crippen LogP contribution in [0.15, 0.2) is 18.2 Å². The summed E-state index contributed by atoms with van der Waals surface area (Å²) in [5.41, 5.74) is 1.81. The summed E-state index contributed by atoms with van der Waals surface area (Å²) in [6, 6.07) is 9.48. The third kappa shape index (κ3) is 3.21. The molecule has 1 aromatic carbocycles. The largest absolute Gasteiger partial charge is 0.371 e. The number of likely N-dealkylation sites (N-methyl/N-ethyl adjacent to an activating group) is 2. The van der Waals surface area contributed by atoms with Crippen LogP contribution in [0.3, 0.4) is 0 Å². The highest BCUT2D eigenvalue weighted by molar-refractivity contribution is 5.67. The highest BCUT2D eigenvalue weighted by atomic mass is 15.2. The van der Waals surface area contributed by atoms with Crippen molar-refractivity contribution < 1.29 is 0 Å². The molecule has 0 heterocycles. The smallest absolute Gasteiger partial charge is 0.101 e. The molecule has 0 unspecified atom stereocenters. The molecule has 0 aliphatic rings. The number of hydrogen-bond donors (Lipinski definition) is 0. The fraction of sp³-hybridized carbons (Fsp3) is 0.385. The second kappa shape index (κ2) is 5.89. The summed E-state index contributed by atoms with van der Waals surface area (Å²) in [5.74, 6) is 0. The van der Waals surface area contributed by atoms with Gasteiger partial charge in [-0.3, -0.25) is 0 Å². The van der Waals surface area contributed by atoms with Crippen molar-refractivity contribution in [2.75, 3.05) is 39.1 Å². The van der Waals surface area contributed by atoms with Crippen molar-refractivity contribution in [2.45, 2.75) is 0 Å². The lowest BCUT2D eigenvalue weighted by molar-refractivity contribution is 0.416. The van der Waals surface area contributed by atoms with Gasteiger partial charge >= 0.3 is 0 Å². The van der Waals surface area contributed by atoms with Crippen LogP contribution >= 0.6 is 0 Å². The van der Waals surface area contributed by atoms with Gasteiger partial charge in [-0.2, -0.15) is 10.5 Å². The molecule has 4 nitrogen and oxygen atoms in total. The van der Waals surface area contributed by atoms with E-state index in [9.17, 15) is 0 Å². The van der Waals surface area contributed by atoms with Crippen LogP contribution in [0.25, 0.3) is 0 Å². The van der Waals surface area contributed by atoms with Gasteiger partial charge in [0.2, 0.25) is 0 Å². The molecule has 0 aliphatic heterocycles. The number of rotatable bonds is 4. The van der Waals surface area contributed by atoms with Gasteiger partial charge in [0.25, 0.3) is 0 Å². The maximum Gasteiger partial charge on any atom is 0.101 e. The molecular weight excluding hydrogens is 212 g/mol. The van der Waals surface area contributed by atoms with Crippen molar-refractivity contribution in [3.63, 3.8) is 0 Å². The van der Waals surface area contributed by atoms with Crippen molar-refractivity contribution in [1.29, 1.82) is 10.5 Å². The lowest BCUT2D eigenvalue weighted by Crippen LogP contribution is -2.29. The fourth-order valence-electron chi connectivity index (χ4n) is 1.60. The molecule has 0 radical (unpaired) electrons. The van der Waals surface area contributed by atoms with E-state index in [1.54, 1.807) is 18.2 Å². The third-order valence-corrected chi connectivity index (χ3v) is 2.54. The minimum Gasteiger partial charge on any atom is -0.371 e. The molecule has 0 spiro atoms. The average molecular weight is 228 g/mol. The summed E-state index contributed by atoms with van der Waals surface area (Å²) in [4.78, 5) is 4.02. The highest BCUT2D eigenvalue weighted by Gasteiger charge is 2.12. The standard InChI is InChI=1S/C13H16N4/c1-16(2)7-8-17(3)13-11(9-14)5-4-6-12(13)10-15/h4-6H,7-8H2,1-3H3. The Morgan fingerprint density at radius 1 is 1.00 bits per heavy atom. The van der Waals surface area contributed by atoms with Crippen LogP contribution in [0.2, 0.25) is 0 Å². The zero-order valence-electron chi connectivity index (χ0n) is 10.4. The molecule has 0 amide bonds. The first-order chi connectivity index (χ1) is 8.10. The predicted molar refractivity (Wildman–Crippen MR) is 67.7 cm³/mol. The minimum absolute atomic E-state index is 0.547. The van der Waals surface area contributed by atoms with E-state index >= 15 is 0 Å². The van der Waals surface area contributed by atoms with Crippen LogP contribution < -0.4 is 4.90 Å². The number of nitriles is 2. The van der Waals surface area contributed by atoms with Crippen LogP contribution in [-0.2, 0) is 0 Å². The Labute approximate surface area is 102 Å². The molecule has 4 heteroatoms. The summed E-state index contributed by atoms with van der Waals surface area (Å²) in [7, 11) is 5.89. The number of anilines is 1. The van der Waals surface area contributed by atoms with E-state index in [-0.39, 0.29) is 0 Å². The van der Waals surface area contributed by atoms with Crippen LogP contribution in [-0.4, -0.2) is 39.1 Å². The van der Waals surface area contributed by atoms with E-state index in [1.165, 1.54) is 0 Å². The van der Waals surface area contributed by atoms with Crippen LogP contribution in [0.5, 0.6) is 0 Å². The molecule has 0 atom stereocenters. The summed E-state index contributed by atoms with van der Waals surface area (Å²) in [6.45, 7) is 1.65. The normalized spacial score (nSPS) is 9.76. The first-order valence-corrected chi connectivity index (χ1v) is 5.39. The summed E-state index contributed by atoms with van der Waals surface area (Å²) < 4.78 is 0. The predicted octanol–water partition coefficient (Wildman–Crippen LogP) is 1.43. The minimum atomic E-state index is 0.547. The second-order valence-electron chi connectivity index (χ2n) is 4.15. The lowest BCUT2D eigenvalue weighted by Gasteiger charge is -2.23. The van der Waals surface area contributed by atoms with Gasteiger partial charge in [0.1, 0.15) is 12.1 Å². The van der Waals surface area contributed by atoms with Crippen molar-refractivity contribution in [3.8, 4) is 12.1 Å². The summed E-state index contributed by atoms with van der Waals surface area (Å²) >= 11 is 0. The van der Waals surface area contributed by atoms with Crippen LogP contribution in [0, 0.1) is 22.7 Å². The molecule has 0 bridgehead atoms. The van der Waals surface area contributed by atoms with E-state index in [4.69, 9.17) is 10.5 Å². The van der Waals surface area contributed by atoms with Gasteiger partial charge in [-0.25, -0.2) is 0 Å². The Morgan fingerprint density at radius 3 is 1.94 bits per heavy atom. The van der Waals surface area contributed by atoms with Gasteiger partial charge < -0.3 is 9.80 Å². The summed E-state index contributed by atoms with van der Waals surface area (Å²) in [6.07, 6.45) is 0. The van der Waals surface area contributed by atoms with Gasteiger partial charge in [-0.1, -0.05) is 6.07 Å². The van der Waals surface area contributed by atoms with Crippen molar-refractivity contribution in [2.24, 2.45) is 0 Å². The summed E-state index contributed by atoms with van der Waals surface area (Å²) in [5, 5.41) is 18.1. The van der Waals surface area contributed by atoms with Gasteiger partial charge in [0.05, 0.1) is 16.8 Å². The zero-order valence-corrected chi connectivity index (χ0v) is 10.4. The highest BCUT2D eigenvalue weighted by Crippen LogP contribution is 2.23. The SMILES string of the molecule is CN(C)CCN(C)c1c(C#N)cccc1C#N. The molecule has 0 saturated heterocycles. The first-order valence-electron chi connectivity index (χ1n) is 5.39. The number of hydrogen-bond acceptors (Lipinski definition) is 4. The van der Waals surface area contributed by atoms with Crippen LogP contribution in [0.1, 0.15) is 11.1 Å². The van der Waals surface area contributed by atoms with Crippen molar-refractivity contribution in [1.82, 2.24) is 4.90 Å². The quantitative estimate of drug-likeness (QED) is 0.782. The Hall–Kier alpha value is -2.04. The zero-order chi connectivity index (χ0) is 12.8. The van der Waals surface area contributed by atoms with E-state index in [0.29, 0.717) is 11.1 Å². The van der Waals surface area contributed by atoms with Gasteiger partial charge in [-0.05, 0) is 26.2 Å². The van der Waals surface area contributed by atoms with Crippen molar-refractivity contribution in [3.05, 3.63) is 29.3 Å². The fourth-order valence-corrected chi connectivity index (χ4v) is 1.60. The molecule has 1 aromatic rings. The van der Waals surface area contributed by atoms with Gasteiger partial charge in [0.15, 0.2) is 0 Å². The number of para-hydroxylation sites is 1. The van der Waals surface area contributed by atoms with E-state index in [1.807, 2.05) is 26.0 Å². The monoisotopic (exact) mass is 228 g/mol. The van der Waals surface area contributed by atoms with E-state index in [0.717, 1.165) is 18.8 Å². The van der Waals surface area contributed by atoms with Crippen LogP contribution in [0.4, 0.5) is 5.69 Å². The second-order valence-corrected chi connectivity index (χ2v) is 4.15. The average Bonchev–Trinajstić information content (AvgIpc) is 2.34. The molecular formula is C13H16N4. The Balaban J connectivity index is 3.03. The molecule has 1 rings (SSSR count). The first kappa shape index (κ1) is 13.0. The molecule has 0 saturated carbocycles. The number of nitrogens with zero attached hydrogens (tertiary/aromatic N) is 4. The Morgan fingerprint density at radius 2 is 1.53 bits per heavy atom.